The highest BCUT2D eigenvalue weighted by Crippen LogP contribution is 2.32. The molecule has 0 aliphatic heterocycles. The highest BCUT2D eigenvalue weighted by Gasteiger charge is 2.25. The fourth-order valence-electron chi connectivity index (χ4n) is 1.95. The molecule has 0 bridgehead atoms. The fourth-order valence-corrected chi connectivity index (χ4v) is 4.30. The van der Waals surface area contributed by atoms with Gasteiger partial charge in [0.05, 0.1) is 4.90 Å². The quantitative estimate of drug-likeness (QED) is 0.743. The predicted molar refractivity (Wildman–Crippen MR) is 82.0 cm³/mol. The first kappa shape index (κ1) is 13.9. The van der Waals surface area contributed by atoms with Crippen molar-refractivity contribution in [1.82, 2.24) is 9.59 Å². The van der Waals surface area contributed by atoms with Crippen LogP contribution in [-0.2, 0) is 9.84 Å². The van der Waals surface area contributed by atoms with Crippen LogP contribution < -0.4 is 0 Å². The van der Waals surface area contributed by atoms with Crippen LogP contribution in [0.5, 0.6) is 0 Å². The van der Waals surface area contributed by atoms with Crippen LogP contribution in [-0.4, -0.2) is 18.0 Å². The number of rotatable bonds is 3. The Morgan fingerprint density at radius 1 is 0.952 bits per heavy atom. The van der Waals surface area contributed by atoms with Crippen molar-refractivity contribution in [3.8, 4) is 11.3 Å². The fraction of sp³-hybridized carbons (Fsp3) is 0.0667. The van der Waals surface area contributed by atoms with Crippen LogP contribution in [0.2, 0.25) is 0 Å². The minimum Gasteiger partial charge on any atom is -0.218 e. The Bertz CT molecular complexity index is 854. The lowest BCUT2D eigenvalue weighted by Gasteiger charge is -2.04. The zero-order chi connectivity index (χ0) is 14.9. The summed E-state index contributed by atoms with van der Waals surface area (Å²) in [6.07, 6.45) is 0. The van der Waals surface area contributed by atoms with Gasteiger partial charge in [0, 0.05) is 17.1 Å². The van der Waals surface area contributed by atoms with E-state index in [0.717, 1.165) is 22.7 Å². The smallest absolute Gasteiger partial charge is 0.218 e. The Morgan fingerprint density at radius 3 is 2.29 bits per heavy atom. The molecule has 0 saturated heterocycles. The number of benzene rings is 2. The molecule has 0 N–H and O–H groups in total. The maximum Gasteiger partial charge on any atom is 0.219 e. The zero-order valence-electron chi connectivity index (χ0n) is 11.2. The van der Waals surface area contributed by atoms with Gasteiger partial charge in [-0.1, -0.05) is 52.5 Å². The van der Waals surface area contributed by atoms with Gasteiger partial charge in [-0.25, -0.2) is 8.42 Å². The molecule has 0 atom stereocenters. The van der Waals surface area contributed by atoms with Crippen molar-refractivity contribution in [3.63, 3.8) is 0 Å². The summed E-state index contributed by atoms with van der Waals surface area (Å²) in [6, 6.07) is 16.0. The lowest BCUT2D eigenvalue weighted by molar-refractivity contribution is 0.598. The lowest BCUT2D eigenvalue weighted by atomic mass is 10.2. The Kier molecular flexibility index (Phi) is 3.57. The Balaban J connectivity index is 2.13. The van der Waals surface area contributed by atoms with E-state index in [9.17, 15) is 8.42 Å². The molecule has 2 aromatic carbocycles. The van der Waals surface area contributed by atoms with Crippen molar-refractivity contribution in [2.75, 3.05) is 0 Å². The summed E-state index contributed by atoms with van der Waals surface area (Å²) in [5.41, 5.74) is 2.16. The highest BCUT2D eigenvalue weighted by molar-refractivity contribution is 7.93. The van der Waals surface area contributed by atoms with Gasteiger partial charge >= 0.3 is 0 Å². The van der Waals surface area contributed by atoms with Crippen LogP contribution in [0.25, 0.3) is 11.3 Å². The van der Waals surface area contributed by atoms with Crippen molar-refractivity contribution in [2.45, 2.75) is 16.0 Å². The summed E-state index contributed by atoms with van der Waals surface area (Å²) >= 11 is 0.901. The molecule has 3 rings (SSSR count). The van der Waals surface area contributed by atoms with E-state index in [2.05, 4.69) is 9.59 Å². The molecule has 6 heteroatoms. The van der Waals surface area contributed by atoms with Gasteiger partial charge in [-0.15, -0.1) is 5.10 Å². The van der Waals surface area contributed by atoms with Crippen LogP contribution in [0.4, 0.5) is 0 Å². The van der Waals surface area contributed by atoms with E-state index in [1.807, 2.05) is 37.3 Å². The molecule has 1 aromatic heterocycles. The molecule has 0 aliphatic carbocycles. The first-order chi connectivity index (χ1) is 10.1. The minimum atomic E-state index is -3.60. The summed E-state index contributed by atoms with van der Waals surface area (Å²) in [6.45, 7) is 1.92. The van der Waals surface area contributed by atoms with E-state index in [1.54, 1.807) is 24.3 Å². The molecule has 0 fully saturated rings. The molecule has 106 valence electrons. The second-order valence-electron chi connectivity index (χ2n) is 4.59. The number of nitrogens with zero attached hydrogens (tertiary/aromatic N) is 2. The molecule has 0 saturated carbocycles. The van der Waals surface area contributed by atoms with Gasteiger partial charge in [0.25, 0.3) is 0 Å². The normalized spacial score (nSPS) is 11.5. The van der Waals surface area contributed by atoms with Gasteiger partial charge in [0.15, 0.2) is 4.21 Å². The first-order valence-corrected chi connectivity index (χ1v) is 8.54. The molecule has 0 radical (unpaired) electrons. The minimum absolute atomic E-state index is 0.178. The SMILES string of the molecule is Cc1ccc(S(=O)(=O)c2snnc2-c2ccccc2)cc1. The van der Waals surface area contributed by atoms with Crippen LogP contribution in [0, 0.1) is 6.92 Å². The largest absolute Gasteiger partial charge is 0.219 e. The highest BCUT2D eigenvalue weighted by atomic mass is 32.2. The zero-order valence-corrected chi connectivity index (χ0v) is 12.9. The Morgan fingerprint density at radius 2 is 1.62 bits per heavy atom. The molecular formula is C15H12N2O2S2. The molecule has 21 heavy (non-hydrogen) atoms. The Labute approximate surface area is 127 Å². The van der Waals surface area contributed by atoms with Gasteiger partial charge < -0.3 is 0 Å². The molecule has 0 aliphatic rings. The third-order valence-electron chi connectivity index (χ3n) is 3.08. The maximum atomic E-state index is 12.7. The Hall–Kier alpha value is -2.05. The number of hydrogen-bond donors (Lipinski definition) is 0. The van der Waals surface area contributed by atoms with E-state index in [4.69, 9.17) is 0 Å². The molecule has 0 unspecified atom stereocenters. The van der Waals surface area contributed by atoms with Crippen LogP contribution in [0.1, 0.15) is 5.56 Å². The molecule has 1 heterocycles. The van der Waals surface area contributed by atoms with Gasteiger partial charge in [-0.2, -0.15) is 0 Å². The average molecular weight is 316 g/mol. The third-order valence-corrected chi connectivity index (χ3v) is 6.06. The van der Waals surface area contributed by atoms with Gasteiger partial charge in [-0.3, -0.25) is 0 Å². The molecule has 3 aromatic rings. The average Bonchev–Trinajstić information content (AvgIpc) is 2.99. The van der Waals surface area contributed by atoms with Gasteiger partial charge in [0.2, 0.25) is 9.84 Å². The number of hydrogen-bond acceptors (Lipinski definition) is 5. The second-order valence-corrected chi connectivity index (χ2v) is 7.49. The summed E-state index contributed by atoms with van der Waals surface area (Å²) in [4.78, 5) is 0.260. The van der Waals surface area contributed by atoms with Crippen molar-refractivity contribution >= 4 is 21.4 Å². The predicted octanol–water partition coefficient (Wildman–Crippen LogP) is 3.35. The van der Waals surface area contributed by atoms with Crippen LogP contribution >= 0.6 is 11.5 Å². The molecule has 0 spiro atoms. The van der Waals surface area contributed by atoms with Crippen molar-refractivity contribution in [2.24, 2.45) is 0 Å². The summed E-state index contributed by atoms with van der Waals surface area (Å²) in [5.74, 6) is 0. The van der Waals surface area contributed by atoms with E-state index >= 15 is 0 Å². The van der Waals surface area contributed by atoms with E-state index < -0.39 is 9.84 Å². The van der Waals surface area contributed by atoms with Crippen molar-refractivity contribution in [1.29, 1.82) is 0 Å². The van der Waals surface area contributed by atoms with E-state index in [1.165, 1.54) is 0 Å². The standard InChI is InChI=1S/C15H12N2O2S2/c1-11-7-9-13(10-8-11)21(18,19)15-14(16-17-20-15)12-5-3-2-4-6-12/h2-10H,1H3. The van der Waals surface area contributed by atoms with Gasteiger partial charge in [0.1, 0.15) is 5.69 Å². The number of aryl methyl sites for hydroxylation is 1. The summed E-state index contributed by atoms with van der Waals surface area (Å²) in [5, 5.41) is 3.99. The van der Waals surface area contributed by atoms with Crippen LogP contribution in [0.3, 0.4) is 0 Å². The van der Waals surface area contributed by atoms with Crippen LogP contribution in [0.15, 0.2) is 63.7 Å². The van der Waals surface area contributed by atoms with E-state index in [-0.39, 0.29) is 9.10 Å². The first-order valence-electron chi connectivity index (χ1n) is 6.28. The summed E-state index contributed by atoms with van der Waals surface area (Å²) in [7, 11) is -3.60. The number of sulfone groups is 1. The second kappa shape index (κ2) is 5.38. The van der Waals surface area contributed by atoms with E-state index in [0.29, 0.717) is 5.69 Å². The topological polar surface area (TPSA) is 59.9 Å². The molecule has 0 amide bonds. The molecular weight excluding hydrogens is 304 g/mol. The van der Waals surface area contributed by atoms with Crippen molar-refractivity contribution < 1.29 is 8.42 Å². The number of aromatic nitrogens is 2. The maximum absolute atomic E-state index is 12.7. The van der Waals surface area contributed by atoms with Crippen molar-refractivity contribution in [3.05, 3.63) is 60.2 Å². The molecule has 4 nitrogen and oxygen atoms in total. The monoisotopic (exact) mass is 316 g/mol. The lowest BCUT2D eigenvalue weighted by Crippen LogP contribution is -2.01. The third kappa shape index (κ3) is 2.59. The van der Waals surface area contributed by atoms with Gasteiger partial charge in [-0.05, 0) is 19.1 Å². The summed E-state index contributed by atoms with van der Waals surface area (Å²) < 4.78 is 29.5.